The van der Waals surface area contributed by atoms with E-state index < -0.39 is 53.3 Å². The van der Waals surface area contributed by atoms with Gasteiger partial charge in [-0.1, -0.05) is 0 Å². The minimum absolute atomic E-state index is 0.0138. The van der Waals surface area contributed by atoms with Crippen LogP contribution in [0.1, 0.15) is 57.8 Å². The molecule has 2 amide bonds. The average molecular weight is 896 g/mol. The highest BCUT2D eigenvalue weighted by atomic mass is 16.4. The molecule has 26 heteroatoms. The Morgan fingerprint density at radius 1 is 0.677 bits per heavy atom. The molecule has 0 radical (unpaired) electrons. The third-order valence-electron chi connectivity index (χ3n) is 9.08. The second-order valence-corrected chi connectivity index (χ2v) is 13.9. The number of aromatic amines is 1. The first-order valence-corrected chi connectivity index (χ1v) is 19.1. The lowest BCUT2D eigenvalue weighted by Crippen LogP contribution is -2.41. The number of fused-ring (bicyclic) bond motifs is 2. The van der Waals surface area contributed by atoms with Crippen molar-refractivity contribution in [3.63, 3.8) is 0 Å². The number of hydrogen-bond donors (Lipinski definition) is 11. The monoisotopic (exact) mass is 895 g/mol. The van der Waals surface area contributed by atoms with Crippen LogP contribution in [-0.4, -0.2) is 115 Å². The van der Waals surface area contributed by atoms with Crippen LogP contribution in [0.25, 0.3) is 22.3 Å². The van der Waals surface area contributed by atoms with Crippen molar-refractivity contribution in [2.45, 2.75) is 50.9 Å². The number of aromatic nitrogens is 8. The van der Waals surface area contributed by atoms with Gasteiger partial charge in [-0.15, -0.1) is 0 Å². The normalized spacial score (nSPS) is 11.6. The second kappa shape index (κ2) is 21.1. The molecular weight excluding hydrogens is 855 g/mol. The Hall–Kier alpha value is -9.10. The van der Waals surface area contributed by atoms with E-state index >= 15 is 0 Å². The first-order chi connectivity index (χ1) is 30.9. The Morgan fingerprint density at radius 2 is 1.18 bits per heavy atom. The van der Waals surface area contributed by atoms with Crippen LogP contribution in [0.15, 0.2) is 65.7 Å². The summed E-state index contributed by atoms with van der Waals surface area (Å²) in [5.41, 5.74) is 20.1. The van der Waals surface area contributed by atoms with Gasteiger partial charge in [0.25, 0.3) is 17.4 Å². The summed E-state index contributed by atoms with van der Waals surface area (Å²) in [5.74, 6) is -6.06. The summed E-state index contributed by atoms with van der Waals surface area (Å²) in [6, 6.07) is 10.0. The average Bonchev–Trinajstić information content (AvgIpc) is 3.26. The van der Waals surface area contributed by atoms with Gasteiger partial charge in [0.2, 0.25) is 11.9 Å². The number of aliphatic carboxylic acids is 4. The minimum Gasteiger partial charge on any atom is -0.481 e. The molecule has 0 aliphatic rings. The fraction of sp³-hybridized carbons (Fsp3) is 0.231. The Labute approximate surface area is 365 Å². The van der Waals surface area contributed by atoms with E-state index in [9.17, 15) is 38.7 Å². The van der Waals surface area contributed by atoms with Gasteiger partial charge >= 0.3 is 23.9 Å². The molecular formula is C39H41N15O11. The number of rotatable bonds is 18. The molecule has 6 aromatic rings. The van der Waals surface area contributed by atoms with Crippen LogP contribution in [0.4, 0.5) is 29.1 Å². The number of carboxylic acid groups (broad SMARTS) is 4. The fourth-order valence-electron chi connectivity index (χ4n) is 5.78. The van der Waals surface area contributed by atoms with Gasteiger partial charge in [0, 0.05) is 42.4 Å². The van der Waals surface area contributed by atoms with Crippen molar-refractivity contribution in [2.75, 3.05) is 34.5 Å². The number of nitrogens with two attached hydrogens (primary N) is 3. The number of benzene rings is 2. The number of nitrogens with zero attached hydrogens (tertiary/aromatic N) is 8. The van der Waals surface area contributed by atoms with Crippen molar-refractivity contribution in [1.29, 1.82) is 0 Å². The Bertz CT molecular complexity index is 2810. The molecule has 0 aliphatic heterocycles. The van der Waals surface area contributed by atoms with E-state index in [-0.39, 0.29) is 72.2 Å². The summed E-state index contributed by atoms with van der Waals surface area (Å²) < 4.78 is 0. The second-order valence-electron chi connectivity index (χ2n) is 13.9. The maximum absolute atomic E-state index is 12.4. The highest BCUT2D eigenvalue weighted by Gasteiger charge is 2.23. The fourth-order valence-corrected chi connectivity index (χ4v) is 5.78. The Kier molecular flexibility index (Phi) is 15.3. The van der Waals surface area contributed by atoms with Crippen LogP contribution in [0, 0.1) is 0 Å². The molecule has 0 bridgehead atoms. The molecule has 2 atom stereocenters. The molecule has 6 rings (SSSR count). The standard InChI is InChI=1S/C20H22N8O5.C19H19N7O6/c1-28(9-11-8-23-17-15(24-11)16(21)26-20(22)27-17)12-4-2-10(3-5-12)18(31)25-13(19(32)33)6-7-14(29)30;20-19-25-15-14(17(30)26-19)23-11(8-22-15)7-21-10-3-1-9(2-4-10)16(29)24-12(18(31)32)5-6-13(27)28/h2-5,8,13H,6-7,9H2,1H3,(H,25,31)(H,29,30)(H,32,33)(H4,21,22,23,26,27);1-4,8,12,21H,5-7H2,(H,24,29)(H,27,28)(H,31,32)(H3,20,22,25,26,30)/t13-;12-/m00/s1. The quantitative estimate of drug-likeness (QED) is 0.0550. The van der Waals surface area contributed by atoms with Crippen molar-refractivity contribution in [2.24, 2.45) is 0 Å². The first kappa shape index (κ1) is 47.0. The van der Waals surface area contributed by atoms with Crippen molar-refractivity contribution in [3.8, 4) is 0 Å². The van der Waals surface area contributed by atoms with Gasteiger partial charge in [0.15, 0.2) is 28.1 Å². The third kappa shape index (κ3) is 13.2. The van der Waals surface area contributed by atoms with Gasteiger partial charge < -0.3 is 58.5 Å². The first-order valence-electron chi connectivity index (χ1n) is 19.1. The predicted octanol–water partition coefficient (Wildman–Crippen LogP) is 0.224. The number of amides is 2. The van der Waals surface area contributed by atoms with E-state index in [0.717, 1.165) is 5.69 Å². The number of nitrogen functional groups attached to an aromatic ring is 3. The highest BCUT2D eigenvalue weighted by Crippen LogP contribution is 2.19. The van der Waals surface area contributed by atoms with Crippen molar-refractivity contribution < 1.29 is 49.2 Å². The number of carboxylic acids is 4. The molecule has 0 unspecified atom stereocenters. The maximum atomic E-state index is 12.4. The number of nitrogens with one attached hydrogen (secondary N) is 4. The lowest BCUT2D eigenvalue weighted by Gasteiger charge is -2.19. The van der Waals surface area contributed by atoms with Gasteiger partial charge in [-0.05, 0) is 61.4 Å². The van der Waals surface area contributed by atoms with E-state index in [0.29, 0.717) is 34.8 Å². The van der Waals surface area contributed by atoms with E-state index in [2.05, 4.69) is 55.8 Å². The summed E-state index contributed by atoms with van der Waals surface area (Å²) in [4.78, 5) is 113. The van der Waals surface area contributed by atoms with Gasteiger partial charge in [-0.2, -0.15) is 15.0 Å². The van der Waals surface area contributed by atoms with Crippen LogP contribution in [-0.2, 0) is 32.3 Å². The molecule has 14 N–H and O–H groups in total. The number of hydrogen-bond acceptors (Lipinski definition) is 19. The smallest absolute Gasteiger partial charge is 0.326 e. The van der Waals surface area contributed by atoms with Crippen molar-refractivity contribution >= 4 is 87.1 Å². The third-order valence-corrected chi connectivity index (χ3v) is 9.08. The SMILES string of the molecule is CN(Cc1cnc2nc(N)nc(N)c2n1)c1ccc(C(=O)N[C@@H](CCC(=O)O)C(=O)O)cc1.Nc1nc2ncc(CNc3ccc(C(=O)N[C@@H](CCC(=O)O)C(=O)O)cc3)nc2c(=O)[nH]1. The van der Waals surface area contributed by atoms with Crippen LogP contribution in [0.5, 0.6) is 0 Å². The molecule has 2 aromatic carbocycles. The molecule has 4 heterocycles. The zero-order valence-corrected chi connectivity index (χ0v) is 34.1. The Morgan fingerprint density at radius 3 is 1.72 bits per heavy atom. The molecule has 65 heavy (non-hydrogen) atoms. The maximum Gasteiger partial charge on any atom is 0.326 e. The van der Waals surface area contributed by atoms with E-state index in [1.54, 1.807) is 30.5 Å². The van der Waals surface area contributed by atoms with Gasteiger partial charge in [-0.25, -0.2) is 29.5 Å². The topological polar surface area (TPSA) is 424 Å². The molecule has 0 aliphatic carbocycles. The molecule has 0 fully saturated rings. The number of carbonyl (C=O) groups is 6. The largest absolute Gasteiger partial charge is 0.481 e. The molecule has 0 saturated carbocycles. The summed E-state index contributed by atoms with van der Waals surface area (Å²) in [5, 5.41) is 43.4. The van der Waals surface area contributed by atoms with Gasteiger partial charge in [0.05, 0.1) is 36.9 Å². The lowest BCUT2D eigenvalue weighted by atomic mass is 10.1. The molecule has 0 spiro atoms. The Balaban J connectivity index is 0.000000244. The van der Waals surface area contributed by atoms with Gasteiger partial charge in [-0.3, -0.25) is 29.0 Å². The van der Waals surface area contributed by atoms with Crippen LogP contribution in [0.3, 0.4) is 0 Å². The number of carbonyl (C=O) groups excluding carboxylic acids is 2. The zero-order chi connectivity index (χ0) is 47.4. The predicted molar refractivity (Wildman–Crippen MR) is 230 cm³/mol. The summed E-state index contributed by atoms with van der Waals surface area (Å²) in [6.45, 7) is 0.600. The molecule has 338 valence electrons. The van der Waals surface area contributed by atoms with Crippen LogP contribution < -0.4 is 43.6 Å². The zero-order valence-electron chi connectivity index (χ0n) is 34.1. The van der Waals surface area contributed by atoms with Crippen molar-refractivity contribution in [3.05, 3.63) is 93.8 Å². The summed E-state index contributed by atoms with van der Waals surface area (Å²) >= 11 is 0. The molecule has 0 saturated heterocycles. The molecule has 4 aromatic heterocycles. The minimum atomic E-state index is -1.31. The lowest BCUT2D eigenvalue weighted by molar-refractivity contribution is -0.142. The van der Waals surface area contributed by atoms with E-state index in [4.69, 9.17) is 32.5 Å². The van der Waals surface area contributed by atoms with Crippen LogP contribution >= 0.6 is 0 Å². The van der Waals surface area contributed by atoms with Crippen LogP contribution in [0.2, 0.25) is 0 Å². The van der Waals surface area contributed by atoms with Crippen molar-refractivity contribution in [1.82, 2.24) is 50.5 Å². The number of anilines is 5. The highest BCUT2D eigenvalue weighted by molar-refractivity contribution is 5.97. The number of H-pyrrole nitrogens is 1. The van der Waals surface area contributed by atoms with E-state index in [1.807, 2.05) is 11.9 Å². The van der Waals surface area contributed by atoms with Gasteiger partial charge in [0.1, 0.15) is 12.1 Å². The summed E-state index contributed by atoms with van der Waals surface area (Å²) in [6.07, 6.45) is 1.80. The summed E-state index contributed by atoms with van der Waals surface area (Å²) in [7, 11) is 1.82. The van der Waals surface area contributed by atoms with E-state index in [1.165, 1.54) is 30.5 Å². The molecule has 26 nitrogen and oxygen atoms in total.